The molecule has 4 amide bonds. The third-order valence-electron chi connectivity index (χ3n) is 14.5. The maximum Gasteiger partial charge on any atom is 0.253 e. The lowest BCUT2D eigenvalue weighted by atomic mass is 9.85. The number of benzene rings is 3. The average Bonchev–Trinajstić information content (AvgIpc) is 4.02. The summed E-state index contributed by atoms with van der Waals surface area (Å²) in [5, 5.41) is 19.6. The van der Waals surface area contributed by atoms with Gasteiger partial charge in [-0.2, -0.15) is 0 Å². The number of nitrogens with zero attached hydrogens (tertiary/aromatic N) is 3. The number of carbonyl (C=O) groups excluding carboxylic acids is 4. The Balaban J connectivity index is 0.874. The second kappa shape index (κ2) is 26.2. The number of aryl methyl sites for hydroxylation is 4. The maximum absolute atomic E-state index is 14.1. The number of carbonyl (C=O) groups is 4. The molecule has 1 unspecified atom stereocenters. The molecular weight excluding hydrogens is 983 g/mol. The van der Waals surface area contributed by atoms with Crippen molar-refractivity contribution in [2.45, 2.75) is 131 Å². The van der Waals surface area contributed by atoms with E-state index >= 15 is 0 Å². The van der Waals surface area contributed by atoms with Crippen LogP contribution in [0.4, 0.5) is 5.69 Å². The summed E-state index contributed by atoms with van der Waals surface area (Å²) >= 11 is 1.57. The Morgan fingerprint density at radius 3 is 2.28 bits per heavy atom. The highest BCUT2D eigenvalue weighted by atomic mass is 32.1. The molecule has 2 aliphatic heterocycles. The van der Waals surface area contributed by atoms with E-state index in [0.717, 1.165) is 93.1 Å². The van der Waals surface area contributed by atoms with Crippen LogP contribution in [0.5, 0.6) is 0 Å². The first-order valence-electron chi connectivity index (χ1n) is 26.6. The summed E-state index contributed by atoms with van der Waals surface area (Å²) in [7, 11) is 0. The Bertz CT molecular complexity index is 2850. The van der Waals surface area contributed by atoms with E-state index in [1.807, 2.05) is 97.3 Å². The van der Waals surface area contributed by atoms with Crippen molar-refractivity contribution in [1.82, 2.24) is 30.8 Å². The van der Waals surface area contributed by atoms with E-state index in [9.17, 15) is 29.1 Å². The predicted molar refractivity (Wildman–Crippen MR) is 297 cm³/mol. The van der Waals surface area contributed by atoms with Gasteiger partial charge in [-0.25, -0.2) is 4.98 Å². The monoisotopic (exact) mass is 1060 g/mol. The highest BCUT2D eigenvalue weighted by molar-refractivity contribution is 7.13. The number of hydrogen-bond donors (Lipinski definition) is 5. The molecule has 0 saturated carbocycles. The van der Waals surface area contributed by atoms with Crippen LogP contribution in [0.2, 0.25) is 0 Å². The van der Waals surface area contributed by atoms with E-state index in [4.69, 9.17) is 14.2 Å². The fourth-order valence-corrected chi connectivity index (χ4v) is 11.0. The molecule has 0 radical (unpaired) electrons. The zero-order valence-electron chi connectivity index (χ0n) is 45.7. The second-order valence-corrected chi connectivity index (χ2v) is 22.1. The van der Waals surface area contributed by atoms with E-state index in [0.29, 0.717) is 30.9 Å². The molecule has 0 spiro atoms. The molecule has 16 nitrogen and oxygen atoms in total. The van der Waals surface area contributed by atoms with Crippen LogP contribution < -0.4 is 26.4 Å². The molecule has 76 heavy (non-hydrogen) atoms. The van der Waals surface area contributed by atoms with Crippen molar-refractivity contribution in [2.75, 3.05) is 57.6 Å². The highest BCUT2D eigenvalue weighted by Crippen LogP contribution is 2.35. The van der Waals surface area contributed by atoms with Crippen molar-refractivity contribution >= 4 is 40.7 Å². The van der Waals surface area contributed by atoms with Crippen LogP contribution in [0.15, 0.2) is 77.0 Å². The fourth-order valence-electron chi connectivity index (χ4n) is 10.2. The van der Waals surface area contributed by atoms with E-state index < -0.39 is 35.4 Å². The number of β-amino-alcohol motifs (C(OH)–C–C–N with tert-alkyl or cyclic N) is 1. The number of H-pyrrole nitrogens is 1. The molecule has 7 rings (SSSR count). The van der Waals surface area contributed by atoms with Gasteiger partial charge in [0, 0.05) is 74.4 Å². The molecule has 2 aromatic heterocycles. The summed E-state index contributed by atoms with van der Waals surface area (Å²) in [6, 6.07) is 20.4. The van der Waals surface area contributed by atoms with Crippen molar-refractivity contribution in [3.05, 3.63) is 127 Å². The van der Waals surface area contributed by atoms with Gasteiger partial charge >= 0.3 is 0 Å². The summed E-state index contributed by atoms with van der Waals surface area (Å²) in [5.41, 5.74) is 11.5. The SMILES string of the molecule is CCN(c1cc(-c2ccc(CCCOCCOCC(=O)NC(C(=O)N3C[C@H](O)C[C@H]3C(=O)N[C@@H](C)c3ccc(-c4scnc4C)cc3)C(C)(C)C)cc2)cc(C(=O)NCc2c(C)cc(C)[nH]c2=O)c1C)C1CCOCC1. The lowest BCUT2D eigenvalue weighted by Gasteiger charge is -2.37. The van der Waals surface area contributed by atoms with Crippen LogP contribution in [-0.4, -0.2) is 121 Å². The fraction of sp³-hybridized carbons (Fsp3) is 0.492. The molecule has 2 fully saturated rings. The van der Waals surface area contributed by atoms with Crippen molar-refractivity contribution in [2.24, 2.45) is 5.41 Å². The average molecular weight is 1060 g/mol. The van der Waals surface area contributed by atoms with E-state index in [1.54, 1.807) is 11.3 Å². The first-order chi connectivity index (χ1) is 36.3. The number of pyridine rings is 1. The van der Waals surface area contributed by atoms with E-state index in [-0.39, 0.29) is 68.8 Å². The van der Waals surface area contributed by atoms with E-state index in [2.05, 4.69) is 68.1 Å². The van der Waals surface area contributed by atoms with Gasteiger partial charge in [0.1, 0.15) is 18.7 Å². The van der Waals surface area contributed by atoms with Gasteiger partial charge in [-0.1, -0.05) is 69.3 Å². The normalized spacial score (nSPS) is 16.8. The third kappa shape index (κ3) is 14.6. The maximum atomic E-state index is 14.1. The van der Waals surface area contributed by atoms with E-state index in [1.165, 1.54) is 4.90 Å². The number of aliphatic hydroxyl groups is 1. The number of ether oxygens (including phenoxy) is 3. The van der Waals surface area contributed by atoms with Crippen LogP contribution in [-0.2, 0) is 41.6 Å². The molecule has 0 bridgehead atoms. The summed E-state index contributed by atoms with van der Waals surface area (Å²) in [6.45, 7) is 20.2. The number of rotatable bonds is 22. The Labute approximate surface area is 451 Å². The van der Waals surface area contributed by atoms with Gasteiger partial charge in [0.05, 0.1) is 41.4 Å². The summed E-state index contributed by atoms with van der Waals surface area (Å²) in [5.74, 6) is -1.53. The van der Waals surface area contributed by atoms with Crippen molar-refractivity contribution in [1.29, 1.82) is 0 Å². The molecule has 408 valence electrons. The lowest BCUT2D eigenvalue weighted by molar-refractivity contribution is -0.144. The Kier molecular flexibility index (Phi) is 19.8. The van der Waals surface area contributed by atoms with Crippen molar-refractivity contribution in [3.63, 3.8) is 0 Å². The summed E-state index contributed by atoms with van der Waals surface area (Å²) < 4.78 is 17.2. The summed E-state index contributed by atoms with van der Waals surface area (Å²) in [6.07, 6.45) is 2.55. The standard InChI is InChI=1S/C59H77N7O9S/c1-10-65(46-21-24-74-25-22-46)50-30-45(29-48(38(50)4)55(69)60-32-49-36(2)28-37(3)62-56(49)70)43-15-13-41(14-16-43)12-11-23-73-26-27-75-34-52(68)64-54(59(7,8)9)58(72)66-33-47(67)31-51(66)57(71)63-39(5)42-17-19-44(20-18-42)53-40(6)61-35-76-53/h13-20,28-30,35,39,46-47,51,54,67H,10-12,21-27,31-34H2,1-9H3,(H,60,69)(H,62,70)(H,63,71)(H,64,68)/t39-,47+,51-,54?/m0/s1. The molecule has 3 aromatic carbocycles. The zero-order valence-corrected chi connectivity index (χ0v) is 46.5. The number of likely N-dealkylation sites (tertiary alicyclic amines) is 1. The van der Waals surface area contributed by atoms with Crippen LogP contribution in [0, 0.1) is 33.1 Å². The molecule has 2 aliphatic rings. The van der Waals surface area contributed by atoms with Crippen LogP contribution in [0.25, 0.3) is 21.6 Å². The topological polar surface area (TPSA) is 205 Å². The van der Waals surface area contributed by atoms with Gasteiger partial charge in [0.2, 0.25) is 17.7 Å². The molecule has 5 N–H and O–H groups in total. The molecule has 4 atom stereocenters. The van der Waals surface area contributed by atoms with Gasteiger partial charge in [-0.15, -0.1) is 11.3 Å². The highest BCUT2D eigenvalue weighted by Gasteiger charge is 2.45. The van der Waals surface area contributed by atoms with Crippen molar-refractivity contribution in [3.8, 4) is 21.6 Å². The number of amides is 4. The molecule has 17 heteroatoms. The van der Waals surface area contributed by atoms with Gasteiger partial charge in [-0.3, -0.25) is 24.0 Å². The second-order valence-electron chi connectivity index (χ2n) is 21.3. The first-order valence-corrected chi connectivity index (χ1v) is 27.5. The van der Waals surface area contributed by atoms with Crippen molar-refractivity contribution < 1.29 is 38.5 Å². The van der Waals surface area contributed by atoms with Crippen LogP contribution in [0.1, 0.15) is 116 Å². The minimum absolute atomic E-state index is 0.0243. The number of aromatic amines is 1. The number of thiazole rings is 1. The van der Waals surface area contributed by atoms with Gasteiger partial charge < -0.3 is 50.1 Å². The number of aliphatic hydroxyl groups excluding tert-OH is 1. The number of nitrogens with one attached hydrogen (secondary N) is 4. The Morgan fingerprint density at radius 2 is 1.62 bits per heavy atom. The number of hydrogen-bond acceptors (Lipinski definition) is 12. The van der Waals surface area contributed by atoms with Crippen LogP contribution in [0.3, 0.4) is 0 Å². The minimum Gasteiger partial charge on any atom is -0.391 e. The quantitative estimate of drug-likeness (QED) is 0.0426. The smallest absolute Gasteiger partial charge is 0.253 e. The third-order valence-corrected chi connectivity index (χ3v) is 15.5. The number of aromatic nitrogens is 2. The predicted octanol–water partition coefficient (Wildman–Crippen LogP) is 7.67. The Morgan fingerprint density at radius 1 is 0.921 bits per heavy atom. The van der Waals surface area contributed by atoms with Gasteiger partial charge in [0.15, 0.2) is 0 Å². The molecule has 4 heterocycles. The van der Waals surface area contributed by atoms with Crippen LogP contribution >= 0.6 is 11.3 Å². The van der Waals surface area contributed by atoms with Gasteiger partial charge in [-0.05, 0) is 130 Å². The molecule has 5 aromatic rings. The molecular formula is C59H77N7O9S. The first kappa shape index (κ1) is 57.5. The summed E-state index contributed by atoms with van der Waals surface area (Å²) in [4.78, 5) is 79.8. The zero-order chi connectivity index (χ0) is 54.7. The number of anilines is 1. The minimum atomic E-state index is -0.977. The molecule has 2 saturated heterocycles. The molecule has 0 aliphatic carbocycles. The Hall–Kier alpha value is -6.24. The largest absolute Gasteiger partial charge is 0.391 e. The lowest BCUT2D eigenvalue weighted by Crippen LogP contribution is -2.58. The van der Waals surface area contributed by atoms with Gasteiger partial charge in [0.25, 0.3) is 11.5 Å².